The van der Waals surface area contributed by atoms with E-state index in [9.17, 15) is 14.4 Å². The van der Waals surface area contributed by atoms with Crippen molar-refractivity contribution in [3.05, 3.63) is 17.5 Å². The minimum absolute atomic E-state index is 0.296. The molecule has 0 aliphatic carbocycles. The molecule has 3 heterocycles. The number of H-pyrrole nitrogens is 1. The molecular weight excluding hydrogens is 274 g/mol. The predicted molar refractivity (Wildman–Crippen MR) is 72.0 cm³/mol. The molecule has 4 amide bonds. The summed E-state index contributed by atoms with van der Waals surface area (Å²) in [5.41, 5.74) is 1.69. The highest BCUT2D eigenvalue weighted by Crippen LogP contribution is 2.28. The van der Waals surface area contributed by atoms with E-state index >= 15 is 0 Å². The second-order valence-electron chi connectivity index (χ2n) is 5.43. The van der Waals surface area contributed by atoms with Crippen molar-refractivity contribution in [2.24, 2.45) is 5.92 Å². The molecule has 0 aromatic carbocycles. The molecule has 8 nitrogen and oxygen atoms in total. The van der Waals surface area contributed by atoms with Crippen LogP contribution in [0, 0.1) is 12.8 Å². The van der Waals surface area contributed by atoms with Gasteiger partial charge in [0.1, 0.15) is 6.04 Å². The average molecular weight is 291 g/mol. The highest BCUT2D eigenvalue weighted by atomic mass is 16.2. The van der Waals surface area contributed by atoms with Crippen molar-refractivity contribution < 1.29 is 14.4 Å². The summed E-state index contributed by atoms with van der Waals surface area (Å²) in [5.74, 6) is -1.18. The number of amides is 4. The lowest BCUT2D eigenvalue weighted by atomic mass is 9.89. The summed E-state index contributed by atoms with van der Waals surface area (Å²) in [5, 5.41) is 12.0. The van der Waals surface area contributed by atoms with E-state index in [2.05, 4.69) is 20.8 Å². The molecule has 8 heteroatoms. The van der Waals surface area contributed by atoms with Crippen LogP contribution < -0.4 is 10.6 Å². The second kappa shape index (κ2) is 4.87. The first kappa shape index (κ1) is 13.6. The Morgan fingerprint density at radius 1 is 1.33 bits per heavy atom. The third-order valence-corrected chi connectivity index (χ3v) is 4.17. The molecule has 0 saturated carbocycles. The van der Waals surface area contributed by atoms with Crippen molar-refractivity contribution in [2.45, 2.75) is 32.4 Å². The Morgan fingerprint density at radius 2 is 2.10 bits per heavy atom. The molecule has 2 fully saturated rings. The number of aromatic nitrogens is 2. The van der Waals surface area contributed by atoms with E-state index in [1.165, 1.54) is 4.90 Å². The number of aromatic amines is 1. The number of imide groups is 1. The number of aryl methyl sites for hydroxylation is 1. The van der Waals surface area contributed by atoms with E-state index < -0.39 is 18.0 Å². The lowest BCUT2D eigenvalue weighted by molar-refractivity contribution is -0.141. The first-order valence-corrected chi connectivity index (χ1v) is 6.94. The van der Waals surface area contributed by atoms with Crippen LogP contribution in [0.3, 0.4) is 0 Å². The number of urea groups is 1. The maximum absolute atomic E-state index is 12.4. The molecule has 21 heavy (non-hydrogen) atoms. The van der Waals surface area contributed by atoms with Crippen LogP contribution in [0.1, 0.15) is 30.6 Å². The zero-order valence-corrected chi connectivity index (χ0v) is 11.8. The standard InChI is InChI=1S/C13H17N5O3/c1-3-7-10-12(20)15-8(9-6(2)4-14-17-9)5-18(10)13(21)16-11(7)19/h4,7-8,10H,3,5H2,1-2H3,(H,14,17)(H,15,20)(H,16,19,21). The predicted octanol–water partition coefficient (Wildman–Crippen LogP) is -0.164. The highest BCUT2D eigenvalue weighted by Gasteiger charge is 2.48. The van der Waals surface area contributed by atoms with Crippen molar-refractivity contribution in [2.75, 3.05) is 6.54 Å². The van der Waals surface area contributed by atoms with Gasteiger partial charge in [-0.15, -0.1) is 0 Å². The Bertz CT molecular complexity index is 611. The summed E-state index contributed by atoms with van der Waals surface area (Å²) >= 11 is 0. The topological polar surface area (TPSA) is 107 Å². The molecule has 1 aromatic rings. The van der Waals surface area contributed by atoms with Gasteiger partial charge in [0.2, 0.25) is 11.8 Å². The first-order chi connectivity index (χ1) is 10.0. The van der Waals surface area contributed by atoms with Crippen LogP contribution in [0.15, 0.2) is 6.20 Å². The number of hydrogen-bond donors (Lipinski definition) is 3. The monoisotopic (exact) mass is 291 g/mol. The van der Waals surface area contributed by atoms with E-state index in [0.717, 1.165) is 11.3 Å². The zero-order chi connectivity index (χ0) is 15.1. The lowest BCUT2D eigenvalue weighted by Crippen LogP contribution is -2.69. The lowest BCUT2D eigenvalue weighted by Gasteiger charge is -2.44. The van der Waals surface area contributed by atoms with Gasteiger partial charge in [-0.25, -0.2) is 4.79 Å². The minimum Gasteiger partial charge on any atom is -0.344 e. The molecule has 112 valence electrons. The number of nitrogens with zero attached hydrogens (tertiary/aromatic N) is 2. The van der Waals surface area contributed by atoms with Gasteiger partial charge in [0, 0.05) is 6.54 Å². The highest BCUT2D eigenvalue weighted by molar-refractivity contribution is 6.04. The molecular formula is C13H17N5O3. The molecule has 2 aliphatic heterocycles. The zero-order valence-electron chi connectivity index (χ0n) is 11.8. The molecule has 3 unspecified atom stereocenters. The van der Waals surface area contributed by atoms with Crippen LogP contribution in [0.25, 0.3) is 0 Å². The van der Waals surface area contributed by atoms with Crippen LogP contribution in [0.5, 0.6) is 0 Å². The molecule has 2 saturated heterocycles. The summed E-state index contributed by atoms with van der Waals surface area (Å²) < 4.78 is 0. The Kier molecular flexibility index (Phi) is 3.15. The fourth-order valence-electron chi connectivity index (χ4n) is 3.06. The smallest absolute Gasteiger partial charge is 0.324 e. The number of fused-ring (bicyclic) bond motifs is 1. The third-order valence-electron chi connectivity index (χ3n) is 4.17. The van der Waals surface area contributed by atoms with Crippen molar-refractivity contribution in [3.63, 3.8) is 0 Å². The average Bonchev–Trinajstić information content (AvgIpc) is 2.86. The number of piperazine rings is 1. The molecule has 0 radical (unpaired) electrons. The van der Waals surface area contributed by atoms with E-state index in [1.54, 1.807) is 6.20 Å². The maximum atomic E-state index is 12.4. The summed E-state index contributed by atoms with van der Waals surface area (Å²) in [4.78, 5) is 37.7. The summed E-state index contributed by atoms with van der Waals surface area (Å²) in [6, 6.07) is -1.57. The Morgan fingerprint density at radius 3 is 2.71 bits per heavy atom. The van der Waals surface area contributed by atoms with Crippen molar-refractivity contribution in [1.82, 2.24) is 25.7 Å². The van der Waals surface area contributed by atoms with Gasteiger partial charge in [0.25, 0.3) is 0 Å². The summed E-state index contributed by atoms with van der Waals surface area (Å²) in [6.45, 7) is 4.03. The van der Waals surface area contributed by atoms with Crippen molar-refractivity contribution >= 4 is 17.8 Å². The number of carbonyl (C=O) groups is 3. The van der Waals surface area contributed by atoms with Crippen LogP contribution in [-0.2, 0) is 9.59 Å². The minimum atomic E-state index is -0.726. The van der Waals surface area contributed by atoms with Gasteiger partial charge >= 0.3 is 6.03 Å². The molecule has 0 bridgehead atoms. The summed E-state index contributed by atoms with van der Waals surface area (Å²) in [7, 11) is 0. The number of carbonyl (C=O) groups excluding carboxylic acids is 3. The van der Waals surface area contributed by atoms with Gasteiger partial charge in [-0.2, -0.15) is 5.10 Å². The van der Waals surface area contributed by atoms with Gasteiger partial charge in [0.15, 0.2) is 0 Å². The molecule has 0 spiro atoms. The second-order valence-corrected chi connectivity index (χ2v) is 5.43. The van der Waals surface area contributed by atoms with Gasteiger partial charge in [-0.3, -0.25) is 20.0 Å². The van der Waals surface area contributed by atoms with Crippen LogP contribution >= 0.6 is 0 Å². The van der Waals surface area contributed by atoms with Gasteiger partial charge < -0.3 is 10.2 Å². The third kappa shape index (κ3) is 2.07. The van der Waals surface area contributed by atoms with E-state index in [0.29, 0.717) is 13.0 Å². The van der Waals surface area contributed by atoms with Crippen LogP contribution in [-0.4, -0.2) is 45.5 Å². The quantitative estimate of drug-likeness (QED) is 0.703. The largest absolute Gasteiger partial charge is 0.344 e. The van der Waals surface area contributed by atoms with Crippen molar-refractivity contribution in [3.8, 4) is 0 Å². The molecule has 3 atom stereocenters. The van der Waals surface area contributed by atoms with Gasteiger partial charge in [-0.05, 0) is 18.9 Å². The fourth-order valence-corrected chi connectivity index (χ4v) is 3.06. The van der Waals surface area contributed by atoms with E-state index in [4.69, 9.17) is 0 Å². The van der Waals surface area contributed by atoms with Gasteiger partial charge in [-0.1, -0.05) is 6.92 Å². The molecule has 1 aromatic heterocycles. The molecule has 3 N–H and O–H groups in total. The Labute approximate surface area is 121 Å². The van der Waals surface area contributed by atoms with E-state index in [1.807, 2.05) is 13.8 Å². The number of nitrogens with one attached hydrogen (secondary N) is 3. The molecule has 2 aliphatic rings. The fraction of sp³-hybridized carbons (Fsp3) is 0.538. The SMILES string of the molecule is CCC1C(=O)NC(=O)N2CC(c3[nH]ncc3C)NC(=O)C12. The Hall–Kier alpha value is -2.38. The van der Waals surface area contributed by atoms with E-state index in [-0.39, 0.29) is 17.9 Å². The number of rotatable bonds is 2. The summed E-state index contributed by atoms with van der Waals surface area (Å²) in [6.07, 6.45) is 2.17. The molecule has 3 rings (SSSR count). The maximum Gasteiger partial charge on any atom is 0.324 e. The van der Waals surface area contributed by atoms with Gasteiger partial charge in [0.05, 0.1) is 23.9 Å². The normalized spacial score (nSPS) is 29.0. The number of hydrogen-bond acceptors (Lipinski definition) is 4. The Balaban J connectivity index is 1.91. The van der Waals surface area contributed by atoms with Crippen LogP contribution in [0.2, 0.25) is 0 Å². The van der Waals surface area contributed by atoms with Crippen LogP contribution in [0.4, 0.5) is 4.79 Å². The first-order valence-electron chi connectivity index (χ1n) is 6.94. The van der Waals surface area contributed by atoms with Crippen molar-refractivity contribution in [1.29, 1.82) is 0 Å².